The van der Waals surface area contributed by atoms with E-state index in [1.165, 1.54) is 0 Å². The Balaban J connectivity index is 1.82. The SMILES string of the molecule is C[Si](C)(/C=C/Cc1ccco1)ONc1ccccc1. The van der Waals surface area contributed by atoms with E-state index < -0.39 is 8.32 Å². The van der Waals surface area contributed by atoms with Crippen LogP contribution in [0.1, 0.15) is 5.76 Å². The number of para-hydroxylation sites is 1. The van der Waals surface area contributed by atoms with Crippen molar-refractivity contribution in [3.63, 3.8) is 0 Å². The predicted molar refractivity (Wildman–Crippen MR) is 80.2 cm³/mol. The first kappa shape index (κ1) is 13.6. The molecule has 0 amide bonds. The van der Waals surface area contributed by atoms with E-state index in [1.54, 1.807) is 6.26 Å². The molecule has 4 heteroatoms. The quantitative estimate of drug-likeness (QED) is 0.633. The van der Waals surface area contributed by atoms with E-state index in [0.717, 1.165) is 17.9 Å². The zero-order valence-corrected chi connectivity index (χ0v) is 12.3. The fourth-order valence-electron chi connectivity index (χ4n) is 1.62. The second-order valence-electron chi connectivity index (χ2n) is 4.86. The number of allylic oxidation sites excluding steroid dienone is 1. The lowest BCUT2D eigenvalue weighted by Gasteiger charge is -2.19. The monoisotopic (exact) mass is 273 g/mol. The van der Waals surface area contributed by atoms with Crippen LogP contribution in [0.2, 0.25) is 13.1 Å². The minimum Gasteiger partial charge on any atom is -0.469 e. The summed E-state index contributed by atoms with van der Waals surface area (Å²) in [4.78, 5) is 0. The highest BCUT2D eigenvalue weighted by molar-refractivity contribution is 6.76. The average Bonchev–Trinajstić information content (AvgIpc) is 2.91. The molecule has 2 aromatic rings. The lowest BCUT2D eigenvalue weighted by atomic mass is 10.3. The van der Waals surface area contributed by atoms with Gasteiger partial charge in [0.05, 0.1) is 12.0 Å². The Morgan fingerprint density at radius 3 is 2.63 bits per heavy atom. The highest BCUT2D eigenvalue weighted by Gasteiger charge is 2.19. The van der Waals surface area contributed by atoms with Gasteiger partial charge in [-0.1, -0.05) is 30.0 Å². The molecule has 3 nitrogen and oxygen atoms in total. The molecule has 1 aromatic carbocycles. The van der Waals surface area contributed by atoms with E-state index in [4.69, 9.17) is 8.94 Å². The first-order valence-electron chi connectivity index (χ1n) is 6.35. The summed E-state index contributed by atoms with van der Waals surface area (Å²) in [5.74, 6) is 0.970. The average molecular weight is 273 g/mol. The molecular formula is C15H19NO2Si. The van der Waals surface area contributed by atoms with Crippen molar-refractivity contribution in [2.75, 3.05) is 5.48 Å². The molecule has 0 spiro atoms. The Labute approximate surface area is 115 Å². The van der Waals surface area contributed by atoms with Gasteiger partial charge in [0, 0.05) is 6.42 Å². The molecule has 0 aliphatic heterocycles. The first-order chi connectivity index (χ1) is 9.16. The summed E-state index contributed by atoms with van der Waals surface area (Å²) in [5, 5.41) is 0. The maximum absolute atomic E-state index is 5.81. The second kappa shape index (κ2) is 6.40. The van der Waals surface area contributed by atoms with E-state index >= 15 is 0 Å². The van der Waals surface area contributed by atoms with Crippen LogP contribution < -0.4 is 5.48 Å². The van der Waals surface area contributed by atoms with Gasteiger partial charge in [0.15, 0.2) is 0 Å². The van der Waals surface area contributed by atoms with Crippen molar-refractivity contribution in [1.29, 1.82) is 0 Å². The van der Waals surface area contributed by atoms with Gasteiger partial charge in [-0.25, -0.2) is 0 Å². The fourth-order valence-corrected chi connectivity index (χ4v) is 2.75. The lowest BCUT2D eigenvalue weighted by molar-refractivity contribution is 0.405. The predicted octanol–water partition coefficient (Wildman–Crippen LogP) is 4.17. The van der Waals surface area contributed by atoms with Crippen molar-refractivity contribution in [3.8, 4) is 0 Å². The Kier molecular flexibility index (Phi) is 4.60. The summed E-state index contributed by atoms with van der Waals surface area (Å²) in [7, 11) is -1.85. The van der Waals surface area contributed by atoms with Crippen LogP contribution in [-0.4, -0.2) is 8.32 Å². The van der Waals surface area contributed by atoms with Gasteiger partial charge in [-0.15, -0.1) is 0 Å². The Bertz CT molecular complexity index is 506. The maximum Gasteiger partial charge on any atom is 0.246 e. The van der Waals surface area contributed by atoms with Crippen LogP contribution in [0.3, 0.4) is 0 Å². The minimum absolute atomic E-state index is 0.804. The number of hydrogen-bond donors (Lipinski definition) is 1. The minimum atomic E-state index is -1.85. The van der Waals surface area contributed by atoms with E-state index in [2.05, 4.69) is 30.3 Å². The van der Waals surface area contributed by atoms with Crippen molar-refractivity contribution < 1.29 is 8.94 Å². The summed E-state index contributed by atoms with van der Waals surface area (Å²) in [6, 6.07) is 13.8. The number of hydrogen-bond acceptors (Lipinski definition) is 3. The topological polar surface area (TPSA) is 34.4 Å². The third kappa shape index (κ3) is 4.77. The zero-order chi connectivity index (χ0) is 13.6. The number of nitrogens with one attached hydrogen (secondary N) is 1. The highest BCUT2D eigenvalue weighted by Crippen LogP contribution is 2.12. The Morgan fingerprint density at radius 1 is 1.16 bits per heavy atom. The summed E-state index contributed by atoms with van der Waals surface area (Å²) in [6.07, 6.45) is 4.61. The van der Waals surface area contributed by atoms with Crippen molar-refractivity contribution >= 4 is 14.0 Å². The molecule has 0 fully saturated rings. The van der Waals surface area contributed by atoms with Crippen LogP contribution in [0.25, 0.3) is 0 Å². The molecule has 0 saturated heterocycles. The third-order valence-electron chi connectivity index (χ3n) is 2.62. The number of furan rings is 1. The molecule has 0 atom stereocenters. The number of rotatable bonds is 6. The van der Waals surface area contributed by atoms with Crippen LogP contribution in [0.4, 0.5) is 5.69 Å². The van der Waals surface area contributed by atoms with E-state index in [9.17, 15) is 0 Å². The third-order valence-corrected chi connectivity index (χ3v) is 4.29. The van der Waals surface area contributed by atoms with Crippen LogP contribution in [0.5, 0.6) is 0 Å². The van der Waals surface area contributed by atoms with Crippen molar-refractivity contribution in [2.45, 2.75) is 19.5 Å². The van der Waals surface area contributed by atoms with Crippen LogP contribution in [0, 0.1) is 0 Å². The molecule has 0 unspecified atom stereocenters. The number of anilines is 1. The van der Waals surface area contributed by atoms with Gasteiger partial charge in [-0.05, 0) is 37.4 Å². The highest BCUT2D eigenvalue weighted by atomic mass is 28.4. The largest absolute Gasteiger partial charge is 0.469 e. The van der Waals surface area contributed by atoms with Gasteiger partial charge in [0.1, 0.15) is 5.76 Å². The molecule has 0 saturated carbocycles. The summed E-state index contributed by atoms with van der Waals surface area (Å²) < 4.78 is 11.1. The van der Waals surface area contributed by atoms with Gasteiger partial charge < -0.3 is 8.94 Å². The van der Waals surface area contributed by atoms with Gasteiger partial charge in [0.25, 0.3) is 0 Å². The van der Waals surface area contributed by atoms with Gasteiger partial charge >= 0.3 is 0 Å². The Hall–Kier alpha value is -1.78. The van der Waals surface area contributed by atoms with E-state index in [0.29, 0.717) is 0 Å². The maximum atomic E-state index is 5.81. The standard InChI is InChI=1S/C15H19NO2Si/c1-19(2,13-7-11-15-10-6-12-17-15)18-16-14-8-4-3-5-9-14/h3-10,12-13,16H,11H2,1-2H3/b13-7+. The molecule has 2 rings (SSSR count). The lowest BCUT2D eigenvalue weighted by Crippen LogP contribution is -2.30. The zero-order valence-electron chi connectivity index (χ0n) is 11.3. The molecule has 1 aromatic heterocycles. The molecular weight excluding hydrogens is 254 g/mol. The summed E-state index contributed by atoms with van der Waals surface area (Å²) >= 11 is 0. The van der Waals surface area contributed by atoms with Crippen LogP contribution in [0.15, 0.2) is 64.9 Å². The van der Waals surface area contributed by atoms with E-state index in [-0.39, 0.29) is 0 Å². The van der Waals surface area contributed by atoms with E-state index in [1.807, 2.05) is 42.5 Å². The molecule has 1 N–H and O–H groups in total. The summed E-state index contributed by atoms with van der Waals surface area (Å²) in [5.41, 5.74) is 6.15. The van der Waals surface area contributed by atoms with Gasteiger partial charge in [-0.3, -0.25) is 5.48 Å². The van der Waals surface area contributed by atoms with Crippen LogP contribution >= 0.6 is 0 Å². The number of benzene rings is 1. The fraction of sp³-hybridized carbons (Fsp3) is 0.200. The smallest absolute Gasteiger partial charge is 0.246 e. The van der Waals surface area contributed by atoms with Crippen LogP contribution in [-0.2, 0) is 10.9 Å². The van der Waals surface area contributed by atoms with Gasteiger partial charge in [-0.2, -0.15) is 0 Å². The molecule has 0 radical (unpaired) electrons. The Morgan fingerprint density at radius 2 is 1.95 bits per heavy atom. The van der Waals surface area contributed by atoms with Crippen molar-refractivity contribution in [2.24, 2.45) is 0 Å². The second-order valence-corrected chi connectivity index (χ2v) is 8.60. The molecule has 0 bridgehead atoms. The molecule has 1 heterocycles. The molecule has 19 heavy (non-hydrogen) atoms. The molecule has 0 aliphatic carbocycles. The summed E-state index contributed by atoms with van der Waals surface area (Å²) in [6.45, 7) is 4.28. The molecule has 0 aliphatic rings. The molecule has 100 valence electrons. The normalized spacial score (nSPS) is 11.9. The van der Waals surface area contributed by atoms with Gasteiger partial charge in [0.2, 0.25) is 8.32 Å². The van der Waals surface area contributed by atoms with Crippen molar-refractivity contribution in [1.82, 2.24) is 0 Å². The van der Waals surface area contributed by atoms with Crippen molar-refractivity contribution in [3.05, 3.63) is 66.3 Å². The first-order valence-corrected chi connectivity index (χ1v) is 9.33.